The molecule has 1 aliphatic heterocycles. The number of nitrogens with zero attached hydrogens (tertiary/aromatic N) is 1. The Morgan fingerprint density at radius 3 is 2.40 bits per heavy atom. The van der Waals surface area contributed by atoms with E-state index in [2.05, 4.69) is 12.1 Å². The molecule has 1 aromatic carbocycles. The molecular formula is C20H27NO4. The van der Waals surface area contributed by atoms with E-state index in [1.807, 2.05) is 23.1 Å². The number of amides is 1. The van der Waals surface area contributed by atoms with Crippen LogP contribution in [0.2, 0.25) is 0 Å². The molecule has 0 unspecified atom stereocenters. The van der Waals surface area contributed by atoms with Crippen LogP contribution in [0.5, 0.6) is 0 Å². The van der Waals surface area contributed by atoms with Crippen LogP contribution in [0.3, 0.4) is 0 Å². The summed E-state index contributed by atoms with van der Waals surface area (Å²) in [6.07, 6.45) is 3.72. The summed E-state index contributed by atoms with van der Waals surface area (Å²) >= 11 is 0. The summed E-state index contributed by atoms with van der Waals surface area (Å²) in [5, 5.41) is 19.3. The predicted octanol–water partition coefficient (Wildman–Crippen LogP) is 1.47. The number of piperidine rings is 1. The summed E-state index contributed by atoms with van der Waals surface area (Å²) in [5.74, 6) is 0.246. The van der Waals surface area contributed by atoms with E-state index in [9.17, 15) is 9.90 Å². The van der Waals surface area contributed by atoms with Crippen LogP contribution in [0.25, 0.3) is 0 Å². The van der Waals surface area contributed by atoms with Gasteiger partial charge in [0, 0.05) is 24.9 Å². The summed E-state index contributed by atoms with van der Waals surface area (Å²) in [6.45, 7) is 1.69. The molecule has 0 aromatic heterocycles. The quantitative estimate of drug-likeness (QED) is 0.848. The smallest absolute Gasteiger partial charge is 0.233 e. The molecule has 25 heavy (non-hydrogen) atoms. The Kier molecular flexibility index (Phi) is 4.34. The van der Waals surface area contributed by atoms with Gasteiger partial charge in [-0.05, 0) is 31.2 Å². The topological polar surface area (TPSA) is 70.0 Å². The van der Waals surface area contributed by atoms with Crippen molar-refractivity contribution in [2.75, 3.05) is 26.3 Å². The lowest BCUT2D eigenvalue weighted by Crippen LogP contribution is -2.63. The van der Waals surface area contributed by atoms with Gasteiger partial charge in [-0.1, -0.05) is 30.3 Å². The lowest BCUT2D eigenvalue weighted by atomic mass is 9.58. The molecule has 1 spiro atoms. The second-order valence-corrected chi connectivity index (χ2v) is 7.81. The van der Waals surface area contributed by atoms with E-state index in [0.29, 0.717) is 26.1 Å². The van der Waals surface area contributed by atoms with Crippen LogP contribution < -0.4 is 0 Å². The van der Waals surface area contributed by atoms with E-state index in [1.54, 1.807) is 0 Å². The fourth-order valence-electron chi connectivity index (χ4n) is 4.75. The average Bonchev–Trinajstić information content (AvgIpc) is 3.47. The lowest BCUT2D eigenvalue weighted by Gasteiger charge is -2.56. The third-order valence-electron chi connectivity index (χ3n) is 6.62. The van der Waals surface area contributed by atoms with E-state index in [4.69, 9.17) is 9.84 Å². The maximum Gasteiger partial charge on any atom is 0.233 e. The minimum Gasteiger partial charge on any atom is -0.394 e. The number of hydrogen-bond acceptors (Lipinski definition) is 4. The standard InChI is InChI=1S/C20H27NO4/c22-12-13-25-17-14-16(23)20(17)8-10-21(11-9-20)18(24)19(6-7-19)15-4-2-1-3-5-15/h1-5,16-17,22-23H,6-14H2/t16-,17+/m1/s1. The normalized spacial score (nSPS) is 29.3. The fourth-order valence-corrected chi connectivity index (χ4v) is 4.75. The predicted molar refractivity (Wildman–Crippen MR) is 93.1 cm³/mol. The van der Waals surface area contributed by atoms with Crippen molar-refractivity contribution >= 4 is 5.91 Å². The van der Waals surface area contributed by atoms with Gasteiger partial charge in [-0.3, -0.25) is 4.79 Å². The van der Waals surface area contributed by atoms with Gasteiger partial charge in [0.25, 0.3) is 0 Å². The van der Waals surface area contributed by atoms with Gasteiger partial charge in [0.05, 0.1) is 30.8 Å². The Morgan fingerprint density at radius 1 is 1.16 bits per heavy atom. The zero-order chi connectivity index (χ0) is 17.5. The Hall–Kier alpha value is -1.43. The SMILES string of the molecule is O=C(N1CCC2(CC1)[C@H](O)C[C@@H]2OCCO)C1(c2ccccc2)CC1. The third-order valence-corrected chi connectivity index (χ3v) is 6.62. The fraction of sp³-hybridized carbons (Fsp3) is 0.650. The molecule has 0 bridgehead atoms. The highest BCUT2D eigenvalue weighted by molar-refractivity contribution is 5.91. The van der Waals surface area contributed by atoms with Crippen molar-refractivity contribution in [3.63, 3.8) is 0 Å². The van der Waals surface area contributed by atoms with Crippen molar-refractivity contribution in [1.29, 1.82) is 0 Å². The minimum atomic E-state index is -0.350. The first-order chi connectivity index (χ1) is 12.1. The second-order valence-electron chi connectivity index (χ2n) is 7.81. The zero-order valence-electron chi connectivity index (χ0n) is 14.6. The Bertz CT molecular complexity index is 620. The largest absolute Gasteiger partial charge is 0.394 e. The van der Waals surface area contributed by atoms with Gasteiger partial charge in [0.15, 0.2) is 0 Å². The maximum atomic E-state index is 13.1. The van der Waals surface area contributed by atoms with Gasteiger partial charge in [0.2, 0.25) is 5.91 Å². The van der Waals surface area contributed by atoms with Gasteiger partial charge in [0.1, 0.15) is 0 Å². The molecule has 1 saturated heterocycles. The summed E-state index contributed by atoms with van der Waals surface area (Å²) in [6, 6.07) is 10.1. The van der Waals surface area contributed by atoms with E-state index >= 15 is 0 Å². The number of carbonyl (C=O) groups excluding carboxylic acids is 1. The van der Waals surface area contributed by atoms with Crippen LogP contribution in [0.4, 0.5) is 0 Å². The monoisotopic (exact) mass is 345 g/mol. The maximum absolute atomic E-state index is 13.1. The van der Waals surface area contributed by atoms with E-state index in [-0.39, 0.29) is 35.6 Å². The van der Waals surface area contributed by atoms with E-state index in [0.717, 1.165) is 31.2 Å². The molecule has 3 fully saturated rings. The van der Waals surface area contributed by atoms with Gasteiger partial charge in [-0.2, -0.15) is 0 Å². The number of aliphatic hydroxyl groups is 2. The number of rotatable bonds is 5. The van der Waals surface area contributed by atoms with Crippen LogP contribution in [-0.4, -0.2) is 59.5 Å². The molecule has 5 heteroatoms. The zero-order valence-corrected chi connectivity index (χ0v) is 14.6. The molecule has 2 aliphatic carbocycles. The third kappa shape index (κ3) is 2.69. The summed E-state index contributed by atoms with van der Waals surface area (Å²) in [7, 11) is 0. The highest BCUT2D eigenvalue weighted by Gasteiger charge is 2.58. The molecule has 2 saturated carbocycles. The van der Waals surface area contributed by atoms with Crippen LogP contribution in [0.15, 0.2) is 30.3 Å². The minimum absolute atomic E-state index is 0.00683. The van der Waals surface area contributed by atoms with Crippen molar-refractivity contribution in [1.82, 2.24) is 4.90 Å². The number of benzene rings is 1. The van der Waals surface area contributed by atoms with Crippen molar-refractivity contribution in [3.05, 3.63) is 35.9 Å². The molecule has 136 valence electrons. The first-order valence-corrected chi connectivity index (χ1v) is 9.38. The lowest BCUT2D eigenvalue weighted by molar-refractivity contribution is -0.213. The van der Waals surface area contributed by atoms with Gasteiger partial charge in [-0.15, -0.1) is 0 Å². The highest BCUT2D eigenvalue weighted by atomic mass is 16.5. The van der Waals surface area contributed by atoms with Crippen molar-refractivity contribution < 1.29 is 19.7 Å². The summed E-state index contributed by atoms with van der Waals surface area (Å²) in [5.41, 5.74) is 0.597. The number of likely N-dealkylation sites (tertiary alicyclic amines) is 1. The van der Waals surface area contributed by atoms with Gasteiger partial charge in [-0.25, -0.2) is 0 Å². The molecule has 1 amide bonds. The summed E-state index contributed by atoms with van der Waals surface area (Å²) < 4.78 is 5.72. The Labute approximate surface area is 148 Å². The first-order valence-electron chi connectivity index (χ1n) is 9.38. The molecule has 1 heterocycles. The van der Waals surface area contributed by atoms with Gasteiger partial charge < -0.3 is 19.8 Å². The van der Waals surface area contributed by atoms with Crippen molar-refractivity contribution in [3.8, 4) is 0 Å². The number of hydrogen-bond donors (Lipinski definition) is 2. The molecule has 1 aromatic rings. The molecule has 4 rings (SSSR count). The molecule has 2 N–H and O–H groups in total. The molecule has 3 aliphatic rings. The highest BCUT2D eigenvalue weighted by Crippen LogP contribution is 2.53. The number of aliphatic hydroxyl groups excluding tert-OH is 2. The van der Waals surface area contributed by atoms with Crippen LogP contribution in [0, 0.1) is 5.41 Å². The molecule has 0 radical (unpaired) electrons. The number of ether oxygens (including phenoxy) is 1. The van der Waals surface area contributed by atoms with Crippen LogP contribution >= 0.6 is 0 Å². The summed E-state index contributed by atoms with van der Waals surface area (Å²) in [4.78, 5) is 15.1. The van der Waals surface area contributed by atoms with Crippen molar-refractivity contribution in [2.45, 2.75) is 49.7 Å². The Balaban J connectivity index is 1.41. The Morgan fingerprint density at radius 2 is 1.84 bits per heavy atom. The van der Waals surface area contributed by atoms with E-state index < -0.39 is 0 Å². The van der Waals surface area contributed by atoms with E-state index in [1.165, 1.54) is 0 Å². The average molecular weight is 345 g/mol. The second kappa shape index (κ2) is 6.38. The van der Waals surface area contributed by atoms with Gasteiger partial charge >= 0.3 is 0 Å². The molecule has 2 atom stereocenters. The molecule has 5 nitrogen and oxygen atoms in total. The van der Waals surface area contributed by atoms with Crippen molar-refractivity contribution in [2.24, 2.45) is 5.41 Å². The van der Waals surface area contributed by atoms with Crippen LogP contribution in [0.1, 0.15) is 37.7 Å². The first kappa shape index (κ1) is 17.0. The van der Waals surface area contributed by atoms with Crippen LogP contribution in [-0.2, 0) is 14.9 Å². The number of carbonyl (C=O) groups is 1. The molecular weight excluding hydrogens is 318 g/mol.